The van der Waals surface area contributed by atoms with Crippen molar-refractivity contribution < 1.29 is 26.1 Å². The van der Waals surface area contributed by atoms with Crippen molar-refractivity contribution in [3.63, 3.8) is 0 Å². The molecule has 0 atom stereocenters. The Balaban J connectivity index is 3.66. The van der Waals surface area contributed by atoms with Crippen molar-refractivity contribution in [2.75, 3.05) is 0 Å². The van der Waals surface area contributed by atoms with Crippen LogP contribution in [0.25, 0.3) is 5.57 Å². The van der Waals surface area contributed by atoms with E-state index in [2.05, 4.69) is 57.0 Å². The number of nitriles is 1. The summed E-state index contributed by atoms with van der Waals surface area (Å²) in [6, 6.07) is 10.1. The Morgan fingerprint density at radius 3 is 2.32 bits per heavy atom. The van der Waals surface area contributed by atoms with Gasteiger partial charge >= 0.3 is 170 Å². The van der Waals surface area contributed by atoms with Gasteiger partial charge in [0.25, 0.3) is 0 Å². The first-order chi connectivity index (χ1) is 12.0. The van der Waals surface area contributed by atoms with Crippen molar-refractivity contribution in [1.29, 1.82) is 5.26 Å². The number of nitrogens with zero attached hydrogens (tertiary/aromatic N) is 2. The maximum atomic E-state index is 9.08. The minimum absolute atomic E-state index is 0.500. The predicted molar refractivity (Wildman–Crippen MR) is 104 cm³/mol. The fourth-order valence-electron chi connectivity index (χ4n) is 2.64. The molecule has 0 spiro atoms. The first kappa shape index (κ1) is 21.6. The molecule has 3 heteroatoms. The second-order valence-electron chi connectivity index (χ2n) is 6.06. The third-order valence-corrected chi connectivity index (χ3v) is 7.98. The van der Waals surface area contributed by atoms with E-state index in [-0.39, 0.29) is 0 Å². The van der Waals surface area contributed by atoms with E-state index < -0.39 is 0 Å². The first-order valence-electron chi connectivity index (χ1n) is 8.92. The predicted octanol–water partition coefficient (Wildman–Crippen LogP) is 6.34. The van der Waals surface area contributed by atoms with Gasteiger partial charge in [-0.15, -0.1) is 0 Å². The number of unbranched alkanes of at least 4 members (excludes halogenated alkanes) is 1. The maximum absolute atomic E-state index is 9.08. The quantitative estimate of drug-likeness (QED) is 0.235. The molecule has 0 saturated carbocycles. The van der Waals surface area contributed by atoms with Gasteiger partial charge in [0.2, 0.25) is 0 Å². The first-order valence-corrected chi connectivity index (χ1v) is 11.7. The normalized spacial score (nSPS) is 14.2. The van der Waals surface area contributed by atoms with Crippen molar-refractivity contribution in [2.24, 2.45) is 4.99 Å². The SMILES string of the molecule is CC=N/C(C)=C(C(=C\CCC)/c1ccc(C#N)cc1)\[C]([Hg])=C(/C)CC. The van der Waals surface area contributed by atoms with Gasteiger partial charge in [-0.1, -0.05) is 0 Å². The summed E-state index contributed by atoms with van der Waals surface area (Å²) in [7, 11) is 0. The average molecular weight is 520 g/mol. The Labute approximate surface area is 169 Å². The molecule has 0 N–H and O–H groups in total. The van der Waals surface area contributed by atoms with E-state index in [1.54, 1.807) is 0 Å². The topological polar surface area (TPSA) is 36.1 Å². The van der Waals surface area contributed by atoms with Crippen molar-refractivity contribution in [3.05, 3.63) is 61.4 Å². The van der Waals surface area contributed by atoms with E-state index in [9.17, 15) is 0 Å². The van der Waals surface area contributed by atoms with Crippen molar-refractivity contribution >= 4 is 11.8 Å². The summed E-state index contributed by atoms with van der Waals surface area (Å²) >= 11 is 0.500. The van der Waals surface area contributed by atoms with Gasteiger partial charge in [-0.25, -0.2) is 0 Å². The van der Waals surface area contributed by atoms with E-state index in [0.717, 1.165) is 25.0 Å². The van der Waals surface area contributed by atoms with Crippen molar-refractivity contribution in [1.82, 2.24) is 0 Å². The van der Waals surface area contributed by atoms with Crippen LogP contribution in [0.3, 0.4) is 0 Å². The average Bonchev–Trinajstić information content (AvgIpc) is 2.64. The van der Waals surface area contributed by atoms with Crippen LogP contribution in [-0.4, -0.2) is 6.21 Å². The van der Waals surface area contributed by atoms with Gasteiger partial charge < -0.3 is 0 Å². The van der Waals surface area contributed by atoms with Crippen LogP contribution >= 0.6 is 0 Å². The molecule has 2 nitrogen and oxygen atoms in total. The standard InChI is InChI=1S/C22H27N2.Hg/c1-6-9-10-21(20-13-11-19(16-23)12-14-20)22(15-17(4)7-2)18(5)24-8-3;/h8,10-14H,6-7,9H2,1-5H3;/b17-15?,21-10-,22-18+,24-8?;. The Kier molecular flexibility index (Phi) is 9.67. The summed E-state index contributed by atoms with van der Waals surface area (Å²) in [4.78, 5) is 4.61. The fourth-order valence-corrected chi connectivity index (χ4v) is 5.34. The second kappa shape index (κ2) is 11.2. The number of rotatable bonds is 7. The zero-order chi connectivity index (χ0) is 18.8. The number of aliphatic imine (C=N–C) groups is 1. The molecule has 0 aliphatic rings. The van der Waals surface area contributed by atoms with Crippen LogP contribution in [-0.2, 0) is 26.1 Å². The van der Waals surface area contributed by atoms with Crippen LogP contribution in [0.5, 0.6) is 0 Å². The number of hydrogen-bond donors (Lipinski definition) is 0. The molecule has 0 fully saturated rings. The summed E-state index contributed by atoms with van der Waals surface area (Å²) < 4.78 is 1.48. The van der Waals surface area contributed by atoms with Gasteiger partial charge in [0, 0.05) is 0 Å². The molecular weight excluding hydrogens is 493 g/mol. The van der Waals surface area contributed by atoms with Gasteiger partial charge in [0.05, 0.1) is 0 Å². The summed E-state index contributed by atoms with van der Waals surface area (Å²) in [6.07, 6.45) is 7.42. The number of allylic oxidation sites excluding steroid dienone is 6. The molecule has 0 radical (unpaired) electrons. The van der Waals surface area contributed by atoms with Crippen LogP contribution in [0.1, 0.15) is 65.0 Å². The van der Waals surface area contributed by atoms with Crippen LogP contribution in [0.4, 0.5) is 0 Å². The van der Waals surface area contributed by atoms with E-state index in [0.29, 0.717) is 31.7 Å². The molecule has 0 unspecified atom stereocenters. The van der Waals surface area contributed by atoms with Crippen molar-refractivity contribution in [2.45, 2.75) is 53.9 Å². The zero-order valence-electron chi connectivity index (χ0n) is 16.2. The summed E-state index contributed by atoms with van der Waals surface area (Å²) in [6.45, 7) is 10.7. The Bertz CT molecular complexity index is 741. The molecule has 127 valence electrons. The summed E-state index contributed by atoms with van der Waals surface area (Å²) in [5, 5.41) is 9.08. The van der Waals surface area contributed by atoms with Crippen LogP contribution < -0.4 is 0 Å². The summed E-state index contributed by atoms with van der Waals surface area (Å²) in [5.74, 6) is 0. The van der Waals surface area contributed by atoms with Gasteiger partial charge in [0.1, 0.15) is 0 Å². The van der Waals surface area contributed by atoms with Gasteiger partial charge in [0.15, 0.2) is 0 Å². The van der Waals surface area contributed by atoms with Crippen LogP contribution in [0, 0.1) is 11.3 Å². The molecule has 25 heavy (non-hydrogen) atoms. The number of hydrogen-bond acceptors (Lipinski definition) is 2. The molecular formula is C22H27HgN2. The van der Waals surface area contributed by atoms with E-state index in [1.165, 1.54) is 25.4 Å². The molecule has 1 aromatic carbocycles. The third-order valence-electron chi connectivity index (χ3n) is 4.26. The molecule has 0 aliphatic carbocycles. The Hall–Kier alpha value is -1.46. The Morgan fingerprint density at radius 1 is 1.20 bits per heavy atom. The molecule has 0 saturated heterocycles. The molecule has 0 bridgehead atoms. The molecule has 1 rings (SSSR count). The van der Waals surface area contributed by atoms with Gasteiger partial charge in [-0.05, 0) is 0 Å². The van der Waals surface area contributed by atoms with Crippen molar-refractivity contribution in [3.8, 4) is 6.07 Å². The third kappa shape index (κ3) is 6.08. The van der Waals surface area contributed by atoms with E-state index in [1.807, 2.05) is 25.3 Å². The molecule has 0 amide bonds. The second-order valence-corrected chi connectivity index (χ2v) is 8.80. The summed E-state index contributed by atoms with van der Waals surface area (Å²) in [5.41, 5.74) is 6.95. The van der Waals surface area contributed by atoms with Crippen LogP contribution in [0.2, 0.25) is 0 Å². The van der Waals surface area contributed by atoms with Gasteiger partial charge in [-0.3, -0.25) is 0 Å². The number of benzene rings is 1. The molecule has 0 heterocycles. The Morgan fingerprint density at radius 2 is 1.84 bits per heavy atom. The molecule has 1 aromatic rings. The van der Waals surface area contributed by atoms with Crippen LogP contribution in [0.15, 0.2) is 55.3 Å². The van der Waals surface area contributed by atoms with E-state index >= 15 is 0 Å². The monoisotopic (exact) mass is 521 g/mol. The fraction of sp³-hybridized carbons (Fsp3) is 0.364. The zero-order valence-corrected chi connectivity index (χ0v) is 21.7. The minimum atomic E-state index is 0.500. The van der Waals surface area contributed by atoms with E-state index in [4.69, 9.17) is 5.26 Å². The molecule has 0 aromatic heterocycles. The van der Waals surface area contributed by atoms with Gasteiger partial charge in [-0.2, -0.15) is 0 Å². The molecule has 0 aliphatic heterocycles.